The zero-order valence-electron chi connectivity index (χ0n) is 10.1. The minimum absolute atomic E-state index is 0.315. The van der Waals surface area contributed by atoms with Crippen molar-refractivity contribution in [3.8, 4) is 0 Å². The van der Waals surface area contributed by atoms with E-state index in [0.29, 0.717) is 15.6 Å². The number of hydrogen-bond donors (Lipinski definition) is 1. The van der Waals surface area contributed by atoms with Crippen molar-refractivity contribution in [2.75, 3.05) is 7.05 Å². The largest absolute Gasteiger partial charge is 0.309 e. The zero-order chi connectivity index (χ0) is 14.0. The van der Waals surface area contributed by atoms with Gasteiger partial charge in [0.05, 0.1) is 6.04 Å². The van der Waals surface area contributed by atoms with E-state index in [0.717, 1.165) is 6.07 Å². The van der Waals surface area contributed by atoms with Crippen LogP contribution >= 0.6 is 15.9 Å². The Morgan fingerprint density at radius 2 is 1.68 bits per heavy atom. The zero-order valence-corrected chi connectivity index (χ0v) is 11.6. The van der Waals surface area contributed by atoms with E-state index < -0.39 is 23.5 Å². The van der Waals surface area contributed by atoms with Crippen LogP contribution in [-0.2, 0) is 0 Å². The minimum Gasteiger partial charge on any atom is -0.309 e. The molecule has 0 radical (unpaired) electrons. The van der Waals surface area contributed by atoms with Gasteiger partial charge in [0.25, 0.3) is 0 Å². The SMILES string of the molecule is CNC(c1cc(F)cc(F)c1)c1c(F)cccc1Br. The van der Waals surface area contributed by atoms with Crippen LogP contribution in [0.1, 0.15) is 17.2 Å². The molecule has 2 aromatic carbocycles. The predicted molar refractivity (Wildman–Crippen MR) is 71.4 cm³/mol. The van der Waals surface area contributed by atoms with Gasteiger partial charge in [0.1, 0.15) is 17.5 Å². The second-order valence-electron chi connectivity index (χ2n) is 4.06. The summed E-state index contributed by atoms with van der Waals surface area (Å²) in [6.45, 7) is 0. The summed E-state index contributed by atoms with van der Waals surface area (Å²) < 4.78 is 41.0. The Morgan fingerprint density at radius 3 is 2.21 bits per heavy atom. The van der Waals surface area contributed by atoms with Crippen molar-refractivity contribution in [2.45, 2.75) is 6.04 Å². The second kappa shape index (κ2) is 5.75. The average Bonchev–Trinajstić information content (AvgIpc) is 2.32. The molecule has 5 heteroatoms. The van der Waals surface area contributed by atoms with Gasteiger partial charge in [-0.15, -0.1) is 0 Å². The summed E-state index contributed by atoms with van der Waals surface area (Å²) in [4.78, 5) is 0. The van der Waals surface area contributed by atoms with E-state index in [-0.39, 0.29) is 0 Å². The van der Waals surface area contributed by atoms with Crippen LogP contribution in [0, 0.1) is 17.5 Å². The smallest absolute Gasteiger partial charge is 0.129 e. The van der Waals surface area contributed by atoms with Crippen LogP contribution in [0.2, 0.25) is 0 Å². The maximum absolute atomic E-state index is 13.9. The van der Waals surface area contributed by atoms with E-state index in [9.17, 15) is 13.2 Å². The lowest BCUT2D eigenvalue weighted by Gasteiger charge is -2.19. The number of benzene rings is 2. The molecule has 0 saturated heterocycles. The van der Waals surface area contributed by atoms with Gasteiger partial charge in [-0.3, -0.25) is 0 Å². The molecule has 1 N–H and O–H groups in total. The number of nitrogens with one attached hydrogen (secondary N) is 1. The Bertz CT molecular complexity index is 561. The molecular weight excluding hydrogens is 319 g/mol. The first-order chi connectivity index (χ1) is 9.02. The first-order valence-electron chi connectivity index (χ1n) is 5.60. The molecule has 0 aliphatic heterocycles. The van der Waals surface area contributed by atoms with Gasteiger partial charge in [-0.25, -0.2) is 13.2 Å². The fourth-order valence-corrected chi connectivity index (χ4v) is 2.58. The van der Waals surface area contributed by atoms with Gasteiger partial charge in [-0.05, 0) is 36.9 Å². The van der Waals surface area contributed by atoms with E-state index in [4.69, 9.17) is 0 Å². The molecule has 1 atom stereocenters. The predicted octanol–water partition coefficient (Wildman–Crippen LogP) is 4.18. The Morgan fingerprint density at radius 1 is 1.05 bits per heavy atom. The molecule has 1 nitrogen and oxygen atoms in total. The Balaban J connectivity index is 2.56. The van der Waals surface area contributed by atoms with Crippen molar-refractivity contribution >= 4 is 15.9 Å². The molecule has 0 heterocycles. The number of rotatable bonds is 3. The molecule has 0 aromatic heterocycles. The molecule has 2 rings (SSSR count). The third-order valence-electron chi connectivity index (χ3n) is 2.80. The molecule has 19 heavy (non-hydrogen) atoms. The maximum atomic E-state index is 13.9. The summed E-state index contributed by atoms with van der Waals surface area (Å²) in [6.07, 6.45) is 0. The van der Waals surface area contributed by atoms with Gasteiger partial charge < -0.3 is 5.32 Å². The lowest BCUT2D eigenvalue weighted by molar-refractivity contribution is 0.555. The summed E-state index contributed by atoms with van der Waals surface area (Å²) in [7, 11) is 1.60. The summed E-state index contributed by atoms with van der Waals surface area (Å²) in [5.74, 6) is -1.83. The topological polar surface area (TPSA) is 12.0 Å². The first kappa shape index (κ1) is 14.1. The Labute approximate surface area is 117 Å². The van der Waals surface area contributed by atoms with Gasteiger partial charge in [-0.2, -0.15) is 0 Å². The molecule has 1 unspecified atom stereocenters. The Hall–Kier alpha value is -1.33. The highest BCUT2D eigenvalue weighted by atomic mass is 79.9. The van der Waals surface area contributed by atoms with Crippen molar-refractivity contribution in [1.82, 2.24) is 5.32 Å². The summed E-state index contributed by atoms with van der Waals surface area (Å²) in [5.41, 5.74) is 0.640. The third-order valence-corrected chi connectivity index (χ3v) is 3.49. The fraction of sp³-hybridized carbons (Fsp3) is 0.143. The van der Waals surface area contributed by atoms with E-state index in [2.05, 4.69) is 21.2 Å². The van der Waals surface area contributed by atoms with Crippen molar-refractivity contribution in [1.29, 1.82) is 0 Å². The highest BCUT2D eigenvalue weighted by Gasteiger charge is 2.20. The van der Waals surface area contributed by atoms with E-state index in [1.807, 2.05) is 0 Å². The second-order valence-corrected chi connectivity index (χ2v) is 4.91. The van der Waals surface area contributed by atoms with Crippen molar-refractivity contribution in [3.63, 3.8) is 0 Å². The average molecular weight is 330 g/mol. The summed E-state index contributed by atoms with van der Waals surface area (Å²) in [5, 5.41) is 2.87. The van der Waals surface area contributed by atoms with Crippen molar-refractivity contribution in [3.05, 3.63) is 69.4 Å². The molecular formula is C14H11BrF3N. The molecule has 0 bridgehead atoms. The highest BCUT2D eigenvalue weighted by molar-refractivity contribution is 9.10. The highest BCUT2D eigenvalue weighted by Crippen LogP contribution is 2.31. The van der Waals surface area contributed by atoms with Gasteiger partial charge in [-0.1, -0.05) is 22.0 Å². The van der Waals surface area contributed by atoms with Crippen LogP contribution in [0.5, 0.6) is 0 Å². The van der Waals surface area contributed by atoms with Crippen LogP contribution < -0.4 is 5.32 Å². The lowest BCUT2D eigenvalue weighted by Crippen LogP contribution is -2.20. The van der Waals surface area contributed by atoms with Gasteiger partial charge in [0.2, 0.25) is 0 Å². The summed E-state index contributed by atoms with van der Waals surface area (Å²) in [6, 6.07) is 7.06. The quantitative estimate of drug-likeness (QED) is 0.890. The standard InChI is InChI=1S/C14H11BrF3N/c1-19-14(8-5-9(16)7-10(17)6-8)13-11(15)3-2-4-12(13)18/h2-7,14,19H,1H3. The molecule has 0 spiro atoms. The maximum Gasteiger partial charge on any atom is 0.129 e. The molecule has 0 aliphatic carbocycles. The van der Waals surface area contributed by atoms with Crippen molar-refractivity contribution in [2.24, 2.45) is 0 Å². The molecule has 0 amide bonds. The van der Waals surface area contributed by atoms with Gasteiger partial charge in [0.15, 0.2) is 0 Å². The number of hydrogen-bond acceptors (Lipinski definition) is 1. The van der Waals surface area contributed by atoms with Gasteiger partial charge in [0, 0.05) is 16.1 Å². The molecule has 0 fully saturated rings. The minimum atomic E-state index is -0.692. The van der Waals surface area contributed by atoms with Crippen LogP contribution in [-0.4, -0.2) is 7.05 Å². The third kappa shape index (κ3) is 2.98. The fourth-order valence-electron chi connectivity index (χ4n) is 2.01. The monoisotopic (exact) mass is 329 g/mol. The van der Waals surface area contributed by atoms with Crippen molar-refractivity contribution < 1.29 is 13.2 Å². The van der Waals surface area contributed by atoms with Crippen LogP contribution in [0.4, 0.5) is 13.2 Å². The molecule has 0 aliphatic rings. The van der Waals surface area contributed by atoms with E-state index in [1.54, 1.807) is 19.2 Å². The van der Waals surface area contributed by atoms with Crippen LogP contribution in [0.25, 0.3) is 0 Å². The normalized spacial score (nSPS) is 12.5. The number of halogens is 4. The van der Waals surface area contributed by atoms with Gasteiger partial charge >= 0.3 is 0 Å². The van der Waals surface area contributed by atoms with Crippen LogP contribution in [0.15, 0.2) is 40.9 Å². The lowest BCUT2D eigenvalue weighted by atomic mass is 9.98. The van der Waals surface area contributed by atoms with E-state index in [1.165, 1.54) is 18.2 Å². The Kier molecular flexibility index (Phi) is 4.27. The molecule has 2 aromatic rings. The summed E-state index contributed by atoms with van der Waals surface area (Å²) >= 11 is 3.26. The first-order valence-corrected chi connectivity index (χ1v) is 6.39. The molecule has 100 valence electrons. The van der Waals surface area contributed by atoms with Crippen LogP contribution in [0.3, 0.4) is 0 Å². The van der Waals surface area contributed by atoms with E-state index >= 15 is 0 Å². The molecule has 0 saturated carbocycles.